The third kappa shape index (κ3) is 2.33. The lowest BCUT2D eigenvalue weighted by Crippen LogP contribution is -2.23. The summed E-state index contributed by atoms with van der Waals surface area (Å²) in [6.07, 6.45) is 5.18. The van der Waals surface area contributed by atoms with E-state index < -0.39 is 0 Å². The first kappa shape index (κ1) is 14.1. The van der Waals surface area contributed by atoms with E-state index in [-0.39, 0.29) is 5.56 Å². The van der Waals surface area contributed by atoms with Gasteiger partial charge in [0, 0.05) is 6.54 Å². The Morgan fingerprint density at radius 3 is 2.76 bits per heavy atom. The van der Waals surface area contributed by atoms with Gasteiger partial charge in [0.25, 0.3) is 5.56 Å². The van der Waals surface area contributed by atoms with E-state index in [1.807, 2.05) is 34.9 Å². The van der Waals surface area contributed by atoms with Crippen molar-refractivity contribution in [1.29, 1.82) is 0 Å². The zero-order valence-electron chi connectivity index (χ0n) is 12.2. The maximum atomic E-state index is 12.7. The topological polar surface area (TPSA) is 52.2 Å². The van der Waals surface area contributed by atoms with Gasteiger partial charge in [0.15, 0.2) is 5.16 Å². The van der Waals surface area contributed by atoms with Gasteiger partial charge in [-0.15, -0.1) is 10.2 Å². The molecule has 0 atom stereocenters. The summed E-state index contributed by atoms with van der Waals surface area (Å²) in [6, 6.07) is 7.66. The van der Waals surface area contributed by atoms with Crippen LogP contribution in [0.15, 0.2) is 34.2 Å². The number of rotatable bonds is 5. The summed E-state index contributed by atoms with van der Waals surface area (Å²) in [7, 11) is 0. The van der Waals surface area contributed by atoms with E-state index in [2.05, 4.69) is 17.1 Å². The molecule has 0 amide bonds. The third-order valence-corrected chi connectivity index (χ3v) is 4.28. The van der Waals surface area contributed by atoms with Crippen molar-refractivity contribution in [2.24, 2.45) is 0 Å². The van der Waals surface area contributed by atoms with Crippen molar-refractivity contribution in [2.45, 2.75) is 37.9 Å². The standard InChI is InChI=1S/C15H18N4OS/c1-3-4-7-10-18-13(20)11-8-5-6-9-12(11)19-14(18)16-17-15(19)21-2/h5-6,8-9H,3-4,7,10H2,1-2H3. The number of para-hydroxylation sites is 1. The monoisotopic (exact) mass is 302 g/mol. The van der Waals surface area contributed by atoms with Crippen LogP contribution < -0.4 is 5.56 Å². The van der Waals surface area contributed by atoms with Gasteiger partial charge in [-0.05, 0) is 24.8 Å². The Morgan fingerprint density at radius 1 is 1.19 bits per heavy atom. The van der Waals surface area contributed by atoms with E-state index >= 15 is 0 Å². The SMILES string of the molecule is CCCCCn1c(=O)c2ccccc2n2c(SC)nnc12. The Kier molecular flexibility index (Phi) is 3.96. The summed E-state index contributed by atoms with van der Waals surface area (Å²) in [5.74, 6) is 0.638. The molecule has 5 nitrogen and oxygen atoms in total. The van der Waals surface area contributed by atoms with Gasteiger partial charge in [-0.3, -0.25) is 13.8 Å². The fourth-order valence-corrected chi connectivity index (χ4v) is 3.07. The first-order valence-electron chi connectivity index (χ1n) is 7.18. The Labute approximate surface area is 127 Å². The second-order valence-corrected chi connectivity index (χ2v) is 5.78. The molecule has 0 aliphatic carbocycles. The molecule has 2 aromatic heterocycles. The van der Waals surface area contributed by atoms with Crippen LogP contribution in [-0.2, 0) is 6.54 Å². The van der Waals surface area contributed by atoms with Crippen molar-refractivity contribution in [1.82, 2.24) is 19.2 Å². The largest absolute Gasteiger partial charge is 0.276 e. The van der Waals surface area contributed by atoms with Crippen LogP contribution in [0.4, 0.5) is 0 Å². The Hall–Kier alpha value is -1.82. The second-order valence-electron chi connectivity index (χ2n) is 5.00. The van der Waals surface area contributed by atoms with Gasteiger partial charge in [0.05, 0.1) is 10.9 Å². The lowest BCUT2D eigenvalue weighted by atomic mass is 10.2. The Bertz CT molecular complexity index is 837. The maximum Gasteiger partial charge on any atom is 0.262 e. The highest BCUT2D eigenvalue weighted by atomic mass is 32.2. The van der Waals surface area contributed by atoms with E-state index in [0.717, 1.165) is 35.3 Å². The molecule has 0 aliphatic rings. The number of benzene rings is 1. The molecule has 0 radical (unpaired) electrons. The minimum Gasteiger partial charge on any atom is -0.276 e. The summed E-state index contributed by atoms with van der Waals surface area (Å²) in [5.41, 5.74) is 0.896. The van der Waals surface area contributed by atoms with Gasteiger partial charge in [0.1, 0.15) is 0 Å². The molecule has 6 heteroatoms. The Balaban J connectivity index is 2.31. The lowest BCUT2D eigenvalue weighted by Gasteiger charge is -2.10. The lowest BCUT2D eigenvalue weighted by molar-refractivity contribution is 0.594. The highest BCUT2D eigenvalue weighted by Crippen LogP contribution is 2.19. The van der Waals surface area contributed by atoms with E-state index in [0.29, 0.717) is 12.3 Å². The fourth-order valence-electron chi connectivity index (χ4n) is 2.59. The second kappa shape index (κ2) is 5.89. The summed E-state index contributed by atoms with van der Waals surface area (Å²) in [4.78, 5) is 12.7. The van der Waals surface area contributed by atoms with Crippen LogP contribution in [0.25, 0.3) is 16.7 Å². The Morgan fingerprint density at radius 2 is 2.00 bits per heavy atom. The summed E-state index contributed by atoms with van der Waals surface area (Å²) < 4.78 is 3.73. The molecule has 0 N–H and O–H groups in total. The van der Waals surface area contributed by atoms with Crippen molar-refractivity contribution in [3.05, 3.63) is 34.6 Å². The van der Waals surface area contributed by atoms with Crippen molar-refractivity contribution in [2.75, 3.05) is 6.26 Å². The number of thioether (sulfide) groups is 1. The number of unbranched alkanes of at least 4 members (excludes halogenated alkanes) is 2. The van der Waals surface area contributed by atoms with Crippen LogP contribution in [0, 0.1) is 0 Å². The van der Waals surface area contributed by atoms with Gasteiger partial charge in [-0.25, -0.2) is 0 Å². The molecule has 0 saturated carbocycles. The van der Waals surface area contributed by atoms with Crippen molar-refractivity contribution in [3.8, 4) is 0 Å². The van der Waals surface area contributed by atoms with Crippen molar-refractivity contribution in [3.63, 3.8) is 0 Å². The van der Waals surface area contributed by atoms with E-state index in [4.69, 9.17) is 0 Å². The average Bonchev–Trinajstić information content (AvgIpc) is 2.94. The van der Waals surface area contributed by atoms with Crippen molar-refractivity contribution >= 4 is 28.4 Å². The normalized spacial score (nSPS) is 11.5. The zero-order valence-corrected chi connectivity index (χ0v) is 13.1. The van der Waals surface area contributed by atoms with Crippen LogP contribution in [-0.4, -0.2) is 25.4 Å². The summed E-state index contributed by atoms with van der Waals surface area (Å²) in [6.45, 7) is 2.84. The van der Waals surface area contributed by atoms with Crippen LogP contribution in [0.2, 0.25) is 0 Å². The molecule has 3 aromatic rings. The van der Waals surface area contributed by atoms with Gasteiger partial charge in [-0.2, -0.15) is 0 Å². The first-order chi connectivity index (χ1) is 10.3. The van der Waals surface area contributed by atoms with E-state index in [9.17, 15) is 4.79 Å². The summed E-state index contributed by atoms with van der Waals surface area (Å²) >= 11 is 1.54. The number of hydrogen-bond acceptors (Lipinski definition) is 4. The molecule has 1 aromatic carbocycles. The van der Waals surface area contributed by atoms with Crippen LogP contribution in [0.5, 0.6) is 0 Å². The molecule has 21 heavy (non-hydrogen) atoms. The van der Waals surface area contributed by atoms with Crippen LogP contribution >= 0.6 is 11.8 Å². The number of aryl methyl sites for hydroxylation is 1. The first-order valence-corrected chi connectivity index (χ1v) is 8.41. The number of aromatic nitrogens is 4. The molecule has 0 spiro atoms. The van der Waals surface area contributed by atoms with E-state index in [1.165, 1.54) is 11.8 Å². The smallest absolute Gasteiger partial charge is 0.262 e. The van der Waals surface area contributed by atoms with Gasteiger partial charge >= 0.3 is 0 Å². The molecule has 0 fully saturated rings. The molecule has 0 saturated heterocycles. The average molecular weight is 302 g/mol. The molecule has 0 unspecified atom stereocenters. The highest BCUT2D eigenvalue weighted by Gasteiger charge is 2.15. The highest BCUT2D eigenvalue weighted by molar-refractivity contribution is 7.98. The molecular weight excluding hydrogens is 284 g/mol. The predicted molar refractivity (Wildman–Crippen MR) is 86.1 cm³/mol. The van der Waals surface area contributed by atoms with Gasteiger partial charge in [-0.1, -0.05) is 43.7 Å². The third-order valence-electron chi connectivity index (χ3n) is 3.65. The fraction of sp³-hybridized carbons (Fsp3) is 0.400. The summed E-state index contributed by atoms with van der Waals surface area (Å²) in [5, 5.41) is 9.97. The van der Waals surface area contributed by atoms with Gasteiger partial charge < -0.3 is 0 Å². The van der Waals surface area contributed by atoms with E-state index in [1.54, 1.807) is 4.57 Å². The number of nitrogens with zero attached hydrogens (tertiary/aromatic N) is 4. The quantitative estimate of drug-likeness (QED) is 0.537. The van der Waals surface area contributed by atoms with Crippen LogP contribution in [0.1, 0.15) is 26.2 Å². The molecule has 2 heterocycles. The molecule has 3 rings (SSSR count). The number of fused-ring (bicyclic) bond motifs is 3. The van der Waals surface area contributed by atoms with Crippen LogP contribution in [0.3, 0.4) is 0 Å². The minimum atomic E-state index is 0.0225. The zero-order chi connectivity index (χ0) is 14.8. The molecular formula is C15H18N4OS. The minimum absolute atomic E-state index is 0.0225. The molecule has 0 aliphatic heterocycles. The van der Waals surface area contributed by atoms with Gasteiger partial charge in [0.2, 0.25) is 5.78 Å². The molecule has 0 bridgehead atoms. The molecule has 110 valence electrons. The maximum absolute atomic E-state index is 12.7. The number of hydrogen-bond donors (Lipinski definition) is 0. The van der Waals surface area contributed by atoms with Crippen molar-refractivity contribution < 1.29 is 0 Å². The predicted octanol–water partition coefficient (Wildman–Crippen LogP) is 2.96.